The quantitative estimate of drug-likeness (QED) is 0.235. The number of hydrogen-bond donors (Lipinski definition) is 1. The Labute approximate surface area is 279 Å². The van der Waals surface area contributed by atoms with Crippen molar-refractivity contribution in [3.05, 3.63) is 47.2 Å². The number of methoxy groups -OCH3 is 5. The molecule has 258 valence electrons. The number of carbonyl (C=O) groups is 3. The molecule has 0 amide bonds. The Kier molecular flexibility index (Phi) is 9.84. The third kappa shape index (κ3) is 6.07. The van der Waals surface area contributed by atoms with Crippen molar-refractivity contribution in [2.75, 3.05) is 48.6 Å². The summed E-state index contributed by atoms with van der Waals surface area (Å²) in [5.41, 5.74) is 3.68. The Balaban J connectivity index is 1.27. The summed E-state index contributed by atoms with van der Waals surface area (Å²) in [5, 5.41) is 1.20. The van der Waals surface area contributed by atoms with Crippen LogP contribution in [0.2, 0.25) is 0 Å². The minimum absolute atomic E-state index is 0.0530. The van der Waals surface area contributed by atoms with Gasteiger partial charge in [0.25, 0.3) is 0 Å². The van der Waals surface area contributed by atoms with Crippen LogP contribution in [0.1, 0.15) is 60.3 Å². The number of aromatic amines is 1. The number of nitrogens with zero attached hydrogens (tertiary/aromatic N) is 1. The van der Waals surface area contributed by atoms with Gasteiger partial charge in [0.1, 0.15) is 18.0 Å². The zero-order chi connectivity index (χ0) is 34.1. The van der Waals surface area contributed by atoms with Crippen LogP contribution >= 0.6 is 0 Å². The van der Waals surface area contributed by atoms with Crippen LogP contribution in [0, 0.1) is 17.8 Å². The van der Waals surface area contributed by atoms with Crippen molar-refractivity contribution < 1.29 is 47.5 Å². The number of carbonyl (C=O) groups excluding carboxylic acids is 3. The fourth-order valence-corrected chi connectivity index (χ4v) is 8.03. The lowest BCUT2D eigenvalue weighted by Crippen LogP contribution is -2.58. The van der Waals surface area contributed by atoms with E-state index in [9.17, 15) is 14.4 Å². The summed E-state index contributed by atoms with van der Waals surface area (Å²) >= 11 is 0. The molecule has 1 aliphatic carbocycles. The molecule has 12 heteroatoms. The van der Waals surface area contributed by atoms with Crippen LogP contribution in [-0.2, 0) is 30.2 Å². The Morgan fingerprint density at radius 1 is 0.958 bits per heavy atom. The van der Waals surface area contributed by atoms with Gasteiger partial charge in [0.2, 0.25) is 5.75 Å². The molecule has 48 heavy (non-hydrogen) atoms. The molecule has 0 radical (unpaired) electrons. The summed E-state index contributed by atoms with van der Waals surface area (Å²) in [6.07, 6.45) is 1.55. The molecule has 12 nitrogen and oxygen atoms in total. The average Bonchev–Trinajstić information content (AvgIpc) is 3.48. The third-order valence-electron chi connectivity index (χ3n) is 10.2. The summed E-state index contributed by atoms with van der Waals surface area (Å²) < 4.78 is 39.3. The molecule has 1 N–H and O–H groups in total. The van der Waals surface area contributed by atoms with Crippen molar-refractivity contribution in [2.45, 2.75) is 57.3 Å². The van der Waals surface area contributed by atoms with E-state index in [0.29, 0.717) is 12.8 Å². The van der Waals surface area contributed by atoms with Gasteiger partial charge in [0, 0.05) is 49.3 Å². The summed E-state index contributed by atoms with van der Waals surface area (Å²) in [7, 11) is 7.41. The maximum atomic E-state index is 13.7. The van der Waals surface area contributed by atoms with Crippen molar-refractivity contribution in [1.29, 1.82) is 0 Å². The van der Waals surface area contributed by atoms with Gasteiger partial charge in [-0.25, -0.2) is 4.79 Å². The van der Waals surface area contributed by atoms with E-state index in [1.807, 2.05) is 19.1 Å². The number of fused-ring (bicyclic) bond motifs is 6. The molecule has 3 aliphatic rings. The predicted molar refractivity (Wildman–Crippen MR) is 175 cm³/mol. The van der Waals surface area contributed by atoms with Gasteiger partial charge in [0.05, 0.1) is 46.0 Å². The van der Waals surface area contributed by atoms with E-state index in [2.05, 4.69) is 16.0 Å². The van der Waals surface area contributed by atoms with E-state index in [4.69, 9.17) is 33.2 Å². The molecule has 0 bridgehead atoms. The van der Waals surface area contributed by atoms with Gasteiger partial charge in [-0.05, 0) is 67.3 Å². The van der Waals surface area contributed by atoms with Crippen molar-refractivity contribution in [1.82, 2.24) is 9.88 Å². The SMILES string of the molecule is CCCC(=O)Oc1c(OC)cc(C(=O)O[C@@H]2C[C@@H]3CN4CCc5c([nH]c6cc(OC)ccc56)[C@H]4C[C@@H]3[C@H](C(=O)OC)[C@H]2OC)cc1OC. The minimum Gasteiger partial charge on any atom is -0.497 e. The molecular weight excluding hydrogens is 620 g/mol. The second kappa shape index (κ2) is 14.1. The van der Waals surface area contributed by atoms with Gasteiger partial charge in [-0.1, -0.05) is 6.92 Å². The van der Waals surface area contributed by atoms with E-state index >= 15 is 0 Å². The molecule has 3 heterocycles. The second-order valence-electron chi connectivity index (χ2n) is 12.7. The van der Waals surface area contributed by atoms with Crippen molar-refractivity contribution in [3.8, 4) is 23.0 Å². The normalized spacial score (nSPS) is 24.9. The van der Waals surface area contributed by atoms with E-state index < -0.39 is 30.1 Å². The Bertz CT molecular complexity index is 1660. The highest BCUT2D eigenvalue weighted by molar-refractivity contribution is 5.92. The first-order valence-corrected chi connectivity index (χ1v) is 16.5. The van der Waals surface area contributed by atoms with Crippen LogP contribution in [-0.4, -0.2) is 88.6 Å². The number of piperidine rings is 1. The highest BCUT2D eigenvalue weighted by Crippen LogP contribution is 2.51. The highest BCUT2D eigenvalue weighted by Gasteiger charge is 2.54. The van der Waals surface area contributed by atoms with Gasteiger partial charge >= 0.3 is 17.9 Å². The molecule has 1 saturated heterocycles. The number of ether oxygens (including phenoxy) is 7. The Hall–Kier alpha value is -4.29. The van der Waals surface area contributed by atoms with Gasteiger partial charge in [-0.3, -0.25) is 14.5 Å². The standard InChI is InChI=1S/C36H44N2O10/c1-7-8-30(39)48-33-27(43-3)13-19(14-28(33)44-4)35(40)47-29-15-20-18-38-12-11-23-22-10-9-21(42-2)16-25(22)37-32(23)26(38)17-24(20)31(34(29)45-5)36(41)46-6/h9-10,13-14,16,20,24,26,29,31,34,37H,7-8,11-12,15,17-18H2,1-6H3/t20-,24+,26-,29-,31+,34+/m1/s1. The number of benzene rings is 2. The number of esters is 3. The molecule has 6 atom stereocenters. The monoisotopic (exact) mass is 664 g/mol. The van der Waals surface area contributed by atoms with Gasteiger partial charge < -0.3 is 38.1 Å². The van der Waals surface area contributed by atoms with Crippen molar-refractivity contribution in [2.24, 2.45) is 17.8 Å². The van der Waals surface area contributed by atoms with Crippen LogP contribution in [0.3, 0.4) is 0 Å². The number of rotatable bonds is 10. The number of aromatic nitrogens is 1. The molecule has 3 aromatic rings. The number of H-pyrrole nitrogens is 1. The van der Waals surface area contributed by atoms with Crippen LogP contribution in [0.4, 0.5) is 0 Å². The zero-order valence-electron chi connectivity index (χ0n) is 28.3. The predicted octanol–water partition coefficient (Wildman–Crippen LogP) is 4.87. The molecule has 2 aromatic carbocycles. The second-order valence-corrected chi connectivity index (χ2v) is 12.7. The van der Waals surface area contributed by atoms with Crippen LogP contribution in [0.25, 0.3) is 10.9 Å². The molecular formula is C36H44N2O10. The summed E-state index contributed by atoms with van der Waals surface area (Å²) in [4.78, 5) is 45.6. The molecule has 0 unspecified atom stereocenters. The minimum atomic E-state index is -0.720. The first kappa shape index (κ1) is 33.6. The first-order valence-electron chi connectivity index (χ1n) is 16.5. The summed E-state index contributed by atoms with van der Waals surface area (Å²) in [5.74, 6) is -0.903. The summed E-state index contributed by atoms with van der Waals surface area (Å²) in [6.45, 7) is 3.50. The first-order chi connectivity index (χ1) is 23.2. The lowest BCUT2D eigenvalue weighted by Gasteiger charge is -2.52. The Morgan fingerprint density at radius 2 is 1.71 bits per heavy atom. The maximum Gasteiger partial charge on any atom is 0.338 e. The lowest BCUT2D eigenvalue weighted by atomic mass is 9.63. The molecule has 0 spiro atoms. The lowest BCUT2D eigenvalue weighted by molar-refractivity contribution is -0.176. The fraction of sp³-hybridized carbons (Fsp3) is 0.528. The van der Waals surface area contributed by atoms with Crippen LogP contribution in [0.15, 0.2) is 30.3 Å². The molecule has 2 fully saturated rings. The van der Waals surface area contributed by atoms with Crippen LogP contribution < -0.4 is 18.9 Å². The topological polar surface area (TPSA) is 135 Å². The smallest absolute Gasteiger partial charge is 0.338 e. The van der Waals surface area contributed by atoms with E-state index in [1.165, 1.54) is 57.2 Å². The zero-order valence-corrected chi connectivity index (χ0v) is 28.3. The third-order valence-corrected chi connectivity index (χ3v) is 10.2. The van der Waals surface area contributed by atoms with Gasteiger partial charge in [-0.15, -0.1) is 0 Å². The Morgan fingerprint density at radius 3 is 2.35 bits per heavy atom. The van der Waals surface area contributed by atoms with Crippen LogP contribution in [0.5, 0.6) is 23.0 Å². The molecule has 6 rings (SSSR count). The maximum absolute atomic E-state index is 13.7. The van der Waals surface area contributed by atoms with E-state index in [1.54, 1.807) is 7.11 Å². The molecule has 1 aromatic heterocycles. The van der Waals surface area contributed by atoms with E-state index in [0.717, 1.165) is 37.2 Å². The number of hydrogen-bond acceptors (Lipinski definition) is 11. The fourth-order valence-electron chi connectivity index (χ4n) is 8.03. The number of nitrogens with one attached hydrogen (secondary N) is 1. The average molecular weight is 665 g/mol. The highest BCUT2D eigenvalue weighted by atomic mass is 16.6. The van der Waals surface area contributed by atoms with Crippen molar-refractivity contribution >= 4 is 28.8 Å². The van der Waals surface area contributed by atoms with Gasteiger partial charge in [-0.2, -0.15) is 0 Å². The molecule has 1 saturated carbocycles. The largest absolute Gasteiger partial charge is 0.497 e. The van der Waals surface area contributed by atoms with E-state index in [-0.39, 0.29) is 53.1 Å². The van der Waals surface area contributed by atoms with Crippen molar-refractivity contribution in [3.63, 3.8) is 0 Å². The molecule has 2 aliphatic heterocycles. The summed E-state index contributed by atoms with van der Waals surface area (Å²) in [6, 6.07) is 9.14. The van der Waals surface area contributed by atoms with Gasteiger partial charge in [0.15, 0.2) is 11.5 Å².